The summed E-state index contributed by atoms with van der Waals surface area (Å²) >= 11 is 5.94. The second kappa shape index (κ2) is 16.7. The predicted molar refractivity (Wildman–Crippen MR) is 153 cm³/mol. The SMILES string of the molecule is O=C(CCC/C=C\C[C@@H]1[C@@H](/C=C/[C@@H](O)COc2cccc(Cl)c2)[C@H](O)C[C@@H]1O)NCc1ccccc1CO[N+](=O)[O-]. The summed E-state index contributed by atoms with van der Waals surface area (Å²) in [6.45, 7) is 0.110. The predicted octanol–water partition coefficient (Wildman–Crippen LogP) is 4.14. The van der Waals surface area contributed by atoms with E-state index in [1.165, 1.54) is 0 Å². The molecular weight excluding hydrogens is 552 g/mol. The summed E-state index contributed by atoms with van der Waals surface area (Å²) in [5.41, 5.74) is 1.39. The number of hydrogen-bond donors (Lipinski definition) is 4. The number of carbonyl (C=O) groups is 1. The minimum Gasteiger partial charge on any atom is -0.491 e. The zero-order chi connectivity index (χ0) is 29.6. The van der Waals surface area contributed by atoms with E-state index >= 15 is 0 Å². The van der Waals surface area contributed by atoms with Crippen LogP contribution in [0.5, 0.6) is 5.75 Å². The Morgan fingerprint density at radius 3 is 2.68 bits per heavy atom. The van der Waals surface area contributed by atoms with Crippen molar-refractivity contribution in [2.24, 2.45) is 11.8 Å². The van der Waals surface area contributed by atoms with Crippen LogP contribution in [0.3, 0.4) is 0 Å². The van der Waals surface area contributed by atoms with E-state index in [-0.39, 0.29) is 43.9 Å². The first kappa shape index (κ1) is 32.1. The number of amides is 1. The number of halogens is 1. The van der Waals surface area contributed by atoms with Gasteiger partial charge in [0.2, 0.25) is 5.91 Å². The molecule has 1 aliphatic carbocycles. The van der Waals surface area contributed by atoms with Crippen molar-refractivity contribution in [2.75, 3.05) is 6.61 Å². The lowest BCUT2D eigenvalue weighted by atomic mass is 9.89. The molecule has 1 aliphatic rings. The van der Waals surface area contributed by atoms with E-state index in [0.717, 1.165) is 5.56 Å². The van der Waals surface area contributed by atoms with Crippen molar-refractivity contribution in [3.8, 4) is 5.75 Å². The van der Waals surface area contributed by atoms with Crippen molar-refractivity contribution >= 4 is 17.5 Å². The van der Waals surface area contributed by atoms with E-state index in [9.17, 15) is 30.2 Å². The monoisotopic (exact) mass is 588 g/mol. The number of nitrogens with one attached hydrogen (secondary N) is 1. The Kier molecular flexibility index (Phi) is 13.1. The fraction of sp³-hybridized carbons (Fsp3) is 0.433. The second-order valence-electron chi connectivity index (χ2n) is 9.97. The maximum absolute atomic E-state index is 12.2. The number of benzene rings is 2. The number of aliphatic hydroxyl groups excluding tert-OH is 3. The standard InChI is InChI=1S/C30H37ClN2O8/c31-23-10-7-11-25(16-23)40-20-24(34)14-15-27-26(28(35)17-29(27)36)12-3-1-2-4-13-30(37)32-18-21-8-5-6-9-22(21)19-41-33(38)39/h1,3,5-11,14-16,24,26-29,34-36H,2,4,12-13,17-20H2,(H,32,37)/b3-1-,15-14+/t24-,26-,27-,28+,29-/m1/s1. The minimum absolute atomic E-state index is 0.0306. The second-order valence-corrected chi connectivity index (χ2v) is 10.4. The molecule has 0 spiro atoms. The van der Waals surface area contributed by atoms with Crippen molar-refractivity contribution in [1.29, 1.82) is 0 Å². The molecule has 10 nitrogen and oxygen atoms in total. The molecule has 4 N–H and O–H groups in total. The number of rotatable bonds is 16. The molecule has 2 aromatic carbocycles. The Balaban J connectivity index is 1.37. The van der Waals surface area contributed by atoms with Crippen LogP contribution in [0.1, 0.15) is 43.2 Å². The molecule has 3 rings (SSSR count). The summed E-state index contributed by atoms with van der Waals surface area (Å²) in [6, 6.07) is 13.9. The molecule has 0 saturated heterocycles. The fourth-order valence-corrected chi connectivity index (χ4v) is 4.96. The molecule has 0 aromatic heterocycles. The van der Waals surface area contributed by atoms with E-state index in [4.69, 9.17) is 16.3 Å². The molecule has 2 aromatic rings. The molecule has 1 saturated carbocycles. The topological polar surface area (TPSA) is 151 Å². The molecule has 0 heterocycles. The fourth-order valence-electron chi connectivity index (χ4n) is 4.78. The Morgan fingerprint density at radius 1 is 1.15 bits per heavy atom. The van der Waals surface area contributed by atoms with Crippen molar-refractivity contribution in [1.82, 2.24) is 5.32 Å². The van der Waals surface area contributed by atoms with Crippen LogP contribution in [0.4, 0.5) is 0 Å². The molecule has 11 heteroatoms. The van der Waals surface area contributed by atoms with E-state index in [1.807, 2.05) is 12.2 Å². The molecule has 0 aliphatic heterocycles. The van der Waals surface area contributed by atoms with Gasteiger partial charge in [0, 0.05) is 30.3 Å². The summed E-state index contributed by atoms with van der Waals surface area (Å²) in [5.74, 6) is -0.0747. The van der Waals surface area contributed by atoms with E-state index in [2.05, 4.69) is 10.2 Å². The van der Waals surface area contributed by atoms with Crippen LogP contribution in [0.15, 0.2) is 72.8 Å². The highest BCUT2D eigenvalue weighted by molar-refractivity contribution is 6.30. The number of nitrogens with zero attached hydrogens (tertiary/aromatic N) is 1. The number of hydrogen-bond acceptors (Lipinski definition) is 8. The average Bonchev–Trinajstić information content (AvgIpc) is 3.22. The van der Waals surface area contributed by atoms with Gasteiger partial charge in [0.15, 0.2) is 0 Å². The van der Waals surface area contributed by atoms with Crippen LogP contribution >= 0.6 is 11.6 Å². The largest absolute Gasteiger partial charge is 0.491 e. The van der Waals surface area contributed by atoms with Gasteiger partial charge in [0.05, 0.1) is 12.2 Å². The van der Waals surface area contributed by atoms with Gasteiger partial charge >= 0.3 is 0 Å². The number of allylic oxidation sites excluding steroid dienone is 2. The summed E-state index contributed by atoms with van der Waals surface area (Å²) < 4.78 is 5.55. The third-order valence-corrected chi connectivity index (χ3v) is 7.19. The first-order chi connectivity index (χ1) is 19.7. The Labute approximate surface area is 244 Å². The van der Waals surface area contributed by atoms with Gasteiger partial charge in [-0.2, -0.15) is 0 Å². The first-order valence-corrected chi connectivity index (χ1v) is 14.0. The van der Waals surface area contributed by atoms with Crippen LogP contribution in [0.2, 0.25) is 5.02 Å². The van der Waals surface area contributed by atoms with Crippen molar-refractivity contribution < 1.29 is 34.8 Å². The highest BCUT2D eigenvalue weighted by atomic mass is 35.5. The Bertz CT molecular complexity index is 1190. The third kappa shape index (κ3) is 11.2. The number of unbranched alkanes of at least 4 members (excludes halogenated alkanes) is 1. The highest BCUT2D eigenvalue weighted by Gasteiger charge is 2.39. The van der Waals surface area contributed by atoms with Gasteiger partial charge in [-0.3, -0.25) is 4.79 Å². The average molecular weight is 589 g/mol. The maximum atomic E-state index is 12.2. The van der Waals surface area contributed by atoms with Crippen LogP contribution in [-0.4, -0.2) is 51.2 Å². The molecule has 5 atom stereocenters. The molecule has 0 radical (unpaired) electrons. The van der Waals surface area contributed by atoms with Gasteiger partial charge in [-0.25, -0.2) is 0 Å². The zero-order valence-electron chi connectivity index (χ0n) is 22.7. The summed E-state index contributed by atoms with van der Waals surface area (Å²) in [6.07, 6.45) is 7.44. The van der Waals surface area contributed by atoms with E-state index in [0.29, 0.717) is 42.0 Å². The van der Waals surface area contributed by atoms with Crippen molar-refractivity contribution in [3.05, 3.63) is 99.1 Å². The molecule has 0 bridgehead atoms. The molecule has 1 amide bonds. The molecule has 1 fully saturated rings. The van der Waals surface area contributed by atoms with E-state index in [1.54, 1.807) is 60.7 Å². The van der Waals surface area contributed by atoms with Crippen LogP contribution in [-0.2, 0) is 22.8 Å². The number of aliphatic hydroxyl groups is 3. The highest BCUT2D eigenvalue weighted by Crippen LogP contribution is 2.36. The number of ether oxygens (including phenoxy) is 1. The maximum Gasteiger partial charge on any atom is 0.294 e. The summed E-state index contributed by atoms with van der Waals surface area (Å²) in [4.78, 5) is 27.1. The van der Waals surface area contributed by atoms with Crippen LogP contribution in [0.25, 0.3) is 0 Å². The first-order valence-electron chi connectivity index (χ1n) is 13.6. The minimum atomic E-state index is -0.885. The van der Waals surface area contributed by atoms with E-state index < -0.39 is 23.4 Å². The summed E-state index contributed by atoms with van der Waals surface area (Å²) in [5, 5.41) is 44.2. The quantitative estimate of drug-likeness (QED) is 0.0988. The number of carbonyl (C=O) groups excluding carboxylic acids is 1. The molecular formula is C30H37ClN2O8. The lowest BCUT2D eigenvalue weighted by Crippen LogP contribution is -2.23. The van der Waals surface area contributed by atoms with Crippen LogP contribution in [0, 0.1) is 22.0 Å². The molecule has 222 valence electrons. The summed E-state index contributed by atoms with van der Waals surface area (Å²) in [7, 11) is 0. The molecule has 0 unspecified atom stereocenters. The normalized spacial score (nSPS) is 21.3. The van der Waals surface area contributed by atoms with Crippen molar-refractivity contribution in [2.45, 2.75) is 63.6 Å². The zero-order valence-corrected chi connectivity index (χ0v) is 23.4. The van der Waals surface area contributed by atoms with Gasteiger partial charge in [-0.05, 0) is 54.5 Å². The third-order valence-electron chi connectivity index (χ3n) is 6.96. The smallest absolute Gasteiger partial charge is 0.294 e. The molecule has 41 heavy (non-hydrogen) atoms. The van der Waals surface area contributed by atoms with Gasteiger partial charge in [0.1, 0.15) is 25.1 Å². The van der Waals surface area contributed by atoms with Gasteiger partial charge < -0.3 is 30.2 Å². The lowest BCUT2D eigenvalue weighted by Gasteiger charge is -2.19. The van der Waals surface area contributed by atoms with Crippen LogP contribution < -0.4 is 10.1 Å². The lowest BCUT2D eigenvalue weighted by molar-refractivity contribution is -0.763. The van der Waals surface area contributed by atoms with Crippen molar-refractivity contribution in [3.63, 3.8) is 0 Å². The Hall–Kier alpha value is -3.44. The van der Waals surface area contributed by atoms with Gasteiger partial charge in [0.25, 0.3) is 5.09 Å². The Morgan fingerprint density at radius 2 is 1.93 bits per heavy atom. The van der Waals surface area contributed by atoms with Gasteiger partial charge in [-0.1, -0.05) is 66.2 Å². The van der Waals surface area contributed by atoms with Gasteiger partial charge in [-0.15, -0.1) is 10.1 Å².